The molecule has 0 saturated carbocycles. The number of nitrogens with zero attached hydrogens (tertiary/aromatic N) is 3. The fraction of sp³-hybridized carbons (Fsp3) is 0.444. The van der Waals surface area contributed by atoms with Crippen molar-refractivity contribution in [1.82, 2.24) is 20.4 Å². The molecule has 1 aromatic carbocycles. The monoisotopic (exact) mass is 347 g/mol. The first-order valence-electron chi connectivity index (χ1n) is 8.36. The second-order valence-electron chi connectivity index (χ2n) is 5.75. The van der Waals surface area contributed by atoms with Crippen molar-refractivity contribution in [2.75, 3.05) is 13.1 Å². The van der Waals surface area contributed by atoms with E-state index in [4.69, 9.17) is 11.6 Å². The number of hydrogen-bond acceptors (Lipinski definition) is 2. The third-order valence-electron chi connectivity index (χ3n) is 3.62. The number of nitrogens with one attached hydrogen (secondary N) is 2. The van der Waals surface area contributed by atoms with E-state index in [0.717, 1.165) is 48.3 Å². The predicted molar refractivity (Wildman–Crippen MR) is 101 cm³/mol. The summed E-state index contributed by atoms with van der Waals surface area (Å²) in [5.41, 5.74) is 3.41. The topological polar surface area (TPSA) is 54.2 Å². The first-order chi connectivity index (χ1) is 11.6. The Kier molecular flexibility index (Phi) is 7.12. The van der Waals surface area contributed by atoms with Crippen LogP contribution in [-0.4, -0.2) is 28.8 Å². The van der Waals surface area contributed by atoms with Crippen LogP contribution in [0.25, 0.3) is 0 Å². The minimum absolute atomic E-state index is 0.629. The maximum atomic E-state index is 5.90. The lowest BCUT2D eigenvalue weighted by Crippen LogP contribution is -2.38. The van der Waals surface area contributed by atoms with E-state index < -0.39 is 0 Å². The minimum Gasteiger partial charge on any atom is -0.357 e. The van der Waals surface area contributed by atoms with Crippen LogP contribution in [0.15, 0.2) is 35.3 Å². The summed E-state index contributed by atoms with van der Waals surface area (Å²) in [6.45, 7) is 9.40. The Morgan fingerprint density at radius 2 is 1.96 bits per heavy atom. The molecule has 0 saturated heterocycles. The zero-order valence-corrected chi connectivity index (χ0v) is 15.4. The van der Waals surface area contributed by atoms with Gasteiger partial charge in [-0.1, -0.05) is 23.7 Å². The Labute approximate surface area is 149 Å². The van der Waals surface area contributed by atoms with Gasteiger partial charge in [0.1, 0.15) is 0 Å². The van der Waals surface area contributed by atoms with Crippen molar-refractivity contribution in [3.63, 3.8) is 0 Å². The molecule has 0 bridgehead atoms. The normalized spacial score (nSPS) is 11.6. The number of guanidine groups is 1. The van der Waals surface area contributed by atoms with Gasteiger partial charge in [-0.3, -0.25) is 4.68 Å². The zero-order valence-electron chi connectivity index (χ0n) is 14.6. The smallest absolute Gasteiger partial charge is 0.191 e. The fourth-order valence-electron chi connectivity index (χ4n) is 2.44. The number of aliphatic imine (C=N–C) groups is 1. The van der Waals surface area contributed by atoms with E-state index in [2.05, 4.69) is 45.3 Å². The minimum atomic E-state index is 0.629. The van der Waals surface area contributed by atoms with Crippen LogP contribution in [0.5, 0.6) is 0 Å². The highest BCUT2D eigenvalue weighted by Crippen LogP contribution is 2.10. The number of aromatic nitrogens is 2. The molecule has 0 fully saturated rings. The van der Waals surface area contributed by atoms with E-state index in [0.29, 0.717) is 6.54 Å². The summed E-state index contributed by atoms with van der Waals surface area (Å²) in [7, 11) is 0. The summed E-state index contributed by atoms with van der Waals surface area (Å²) in [5.74, 6) is 0.834. The van der Waals surface area contributed by atoms with Gasteiger partial charge in [0.2, 0.25) is 0 Å². The Bertz CT molecular complexity index is 661. The number of aryl methyl sites for hydroxylation is 3. The van der Waals surface area contributed by atoms with Gasteiger partial charge in [-0.2, -0.15) is 5.10 Å². The summed E-state index contributed by atoms with van der Waals surface area (Å²) in [5, 5.41) is 11.9. The molecule has 0 amide bonds. The second kappa shape index (κ2) is 9.33. The molecule has 0 spiro atoms. The highest BCUT2D eigenvalue weighted by Gasteiger charge is 2.01. The van der Waals surface area contributed by atoms with E-state index in [1.54, 1.807) is 0 Å². The Hall–Kier alpha value is -2.01. The standard InChI is InChI=1S/C18H26ClN5/c1-4-20-18(22-13-16-6-8-17(19)9-7-16)21-10-5-11-24-15(3)12-14(2)23-24/h6-9,12H,4-5,10-11,13H2,1-3H3,(H2,20,21,22). The van der Waals surface area contributed by atoms with Crippen molar-refractivity contribution in [3.8, 4) is 0 Å². The molecular formula is C18H26ClN5. The number of halogens is 1. The third kappa shape index (κ3) is 5.89. The van der Waals surface area contributed by atoms with E-state index in [1.807, 2.05) is 31.2 Å². The molecule has 2 aromatic rings. The molecule has 6 heteroatoms. The van der Waals surface area contributed by atoms with Crippen LogP contribution >= 0.6 is 11.6 Å². The van der Waals surface area contributed by atoms with Gasteiger partial charge in [-0.05, 0) is 51.0 Å². The maximum Gasteiger partial charge on any atom is 0.191 e. The lowest BCUT2D eigenvalue weighted by Gasteiger charge is -2.11. The second-order valence-corrected chi connectivity index (χ2v) is 6.19. The molecule has 2 N–H and O–H groups in total. The summed E-state index contributed by atoms with van der Waals surface area (Å²) in [6.07, 6.45) is 0.993. The van der Waals surface area contributed by atoms with Gasteiger partial charge in [0.05, 0.1) is 12.2 Å². The molecule has 0 aliphatic carbocycles. The van der Waals surface area contributed by atoms with E-state index in [-0.39, 0.29) is 0 Å². The van der Waals surface area contributed by atoms with Crippen LogP contribution in [-0.2, 0) is 13.1 Å². The van der Waals surface area contributed by atoms with Gasteiger partial charge in [0.15, 0.2) is 5.96 Å². The van der Waals surface area contributed by atoms with Gasteiger partial charge < -0.3 is 10.6 Å². The highest BCUT2D eigenvalue weighted by molar-refractivity contribution is 6.30. The molecule has 5 nitrogen and oxygen atoms in total. The van der Waals surface area contributed by atoms with E-state index in [9.17, 15) is 0 Å². The van der Waals surface area contributed by atoms with Crippen molar-refractivity contribution in [3.05, 3.63) is 52.3 Å². The Balaban J connectivity index is 1.80. The molecule has 0 aliphatic heterocycles. The van der Waals surface area contributed by atoms with Gasteiger partial charge in [0.25, 0.3) is 0 Å². The molecule has 0 atom stereocenters. The molecule has 0 radical (unpaired) electrons. The van der Waals surface area contributed by atoms with Crippen LogP contribution in [0, 0.1) is 13.8 Å². The molecule has 24 heavy (non-hydrogen) atoms. The Morgan fingerprint density at radius 1 is 1.21 bits per heavy atom. The number of hydrogen-bond donors (Lipinski definition) is 2. The van der Waals surface area contributed by atoms with Gasteiger partial charge >= 0.3 is 0 Å². The van der Waals surface area contributed by atoms with Crippen molar-refractivity contribution < 1.29 is 0 Å². The Morgan fingerprint density at radius 3 is 2.58 bits per heavy atom. The quantitative estimate of drug-likeness (QED) is 0.459. The summed E-state index contributed by atoms with van der Waals surface area (Å²) >= 11 is 5.90. The molecule has 1 heterocycles. The first kappa shape index (κ1) is 18.3. The van der Waals surface area contributed by atoms with Crippen molar-refractivity contribution in [2.24, 2.45) is 4.99 Å². The molecule has 0 unspecified atom stereocenters. The molecular weight excluding hydrogens is 322 g/mol. The van der Waals surface area contributed by atoms with Crippen LogP contribution in [0.1, 0.15) is 30.3 Å². The van der Waals surface area contributed by atoms with Gasteiger partial charge in [-0.25, -0.2) is 4.99 Å². The summed E-state index contributed by atoms with van der Waals surface area (Å²) < 4.78 is 2.05. The highest BCUT2D eigenvalue weighted by atomic mass is 35.5. The average Bonchev–Trinajstić information content (AvgIpc) is 2.88. The zero-order chi connectivity index (χ0) is 17.4. The maximum absolute atomic E-state index is 5.90. The molecule has 0 aliphatic rings. The van der Waals surface area contributed by atoms with E-state index in [1.165, 1.54) is 5.69 Å². The predicted octanol–water partition coefficient (Wildman–Crippen LogP) is 3.30. The van der Waals surface area contributed by atoms with Crippen LogP contribution in [0.2, 0.25) is 5.02 Å². The molecule has 2 rings (SSSR count). The SMILES string of the molecule is CCNC(=NCc1ccc(Cl)cc1)NCCCn1nc(C)cc1C. The lowest BCUT2D eigenvalue weighted by atomic mass is 10.2. The average molecular weight is 348 g/mol. The largest absolute Gasteiger partial charge is 0.357 e. The van der Waals surface area contributed by atoms with Gasteiger partial charge in [-0.15, -0.1) is 0 Å². The van der Waals surface area contributed by atoms with Crippen LogP contribution in [0.4, 0.5) is 0 Å². The molecule has 130 valence electrons. The van der Waals surface area contributed by atoms with Crippen LogP contribution < -0.4 is 10.6 Å². The van der Waals surface area contributed by atoms with Crippen molar-refractivity contribution in [2.45, 2.75) is 40.3 Å². The third-order valence-corrected chi connectivity index (χ3v) is 3.87. The lowest BCUT2D eigenvalue weighted by molar-refractivity contribution is 0.555. The van der Waals surface area contributed by atoms with Gasteiger partial charge in [0, 0.05) is 30.4 Å². The number of rotatable bonds is 7. The van der Waals surface area contributed by atoms with E-state index >= 15 is 0 Å². The first-order valence-corrected chi connectivity index (χ1v) is 8.74. The summed E-state index contributed by atoms with van der Waals surface area (Å²) in [6, 6.07) is 9.88. The fourth-order valence-corrected chi connectivity index (χ4v) is 2.56. The summed E-state index contributed by atoms with van der Waals surface area (Å²) in [4.78, 5) is 4.61. The molecule has 1 aromatic heterocycles. The number of benzene rings is 1. The van der Waals surface area contributed by atoms with Crippen molar-refractivity contribution in [1.29, 1.82) is 0 Å². The van der Waals surface area contributed by atoms with Crippen LogP contribution in [0.3, 0.4) is 0 Å². The van der Waals surface area contributed by atoms with Crippen molar-refractivity contribution >= 4 is 17.6 Å².